The summed E-state index contributed by atoms with van der Waals surface area (Å²) in [4.78, 5) is 17.8. The lowest BCUT2D eigenvalue weighted by Crippen LogP contribution is -2.26. The highest BCUT2D eigenvalue weighted by molar-refractivity contribution is 7.14. The van der Waals surface area contributed by atoms with E-state index >= 15 is 0 Å². The van der Waals surface area contributed by atoms with Crippen molar-refractivity contribution in [2.45, 2.75) is 12.8 Å². The van der Waals surface area contributed by atoms with E-state index in [1.165, 1.54) is 11.3 Å². The van der Waals surface area contributed by atoms with Gasteiger partial charge in [0.05, 0.1) is 21.3 Å². The summed E-state index contributed by atoms with van der Waals surface area (Å²) in [5, 5.41) is 5.89. The summed E-state index contributed by atoms with van der Waals surface area (Å²) >= 11 is 2.98. The molecular weight excluding hydrogens is 290 g/mol. The Balaban J connectivity index is 1.90. The molecule has 0 aliphatic heterocycles. The number of amides is 1. The van der Waals surface area contributed by atoms with Crippen LogP contribution in [-0.2, 0) is 0 Å². The molecule has 3 N–H and O–H groups in total. The van der Waals surface area contributed by atoms with Gasteiger partial charge in [0, 0.05) is 24.0 Å². The number of thiazole rings is 1. The van der Waals surface area contributed by atoms with Crippen molar-refractivity contribution in [1.82, 2.24) is 10.3 Å². The maximum absolute atomic E-state index is 12.0. The average Bonchev–Trinajstić information content (AvgIpc) is 3.12. The van der Waals surface area contributed by atoms with Gasteiger partial charge < -0.3 is 11.1 Å². The summed E-state index contributed by atoms with van der Waals surface area (Å²) in [6.07, 6.45) is 1.78. The molecule has 2 aromatic rings. The first kappa shape index (κ1) is 14.7. The van der Waals surface area contributed by atoms with E-state index in [4.69, 9.17) is 5.73 Å². The van der Waals surface area contributed by atoms with Crippen LogP contribution in [-0.4, -0.2) is 24.0 Å². The van der Waals surface area contributed by atoms with Gasteiger partial charge in [-0.05, 0) is 12.1 Å². The summed E-state index contributed by atoms with van der Waals surface area (Å²) < 4.78 is 0. The molecule has 1 unspecified atom stereocenters. The number of hydrogen-bond acceptors (Lipinski definition) is 5. The summed E-state index contributed by atoms with van der Waals surface area (Å²) in [5.41, 5.74) is 5.32. The van der Waals surface area contributed by atoms with Crippen LogP contribution >= 0.6 is 22.7 Å². The third-order valence-electron chi connectivity index (χ3n) is 2.59. The number of aromatic nitrogens is 1. The van der Waals surface area contributed by atoms with E-state index in [0.717, 1.165) is 9.88 Å². The molecule has 1 atom stereocenters. The molecule has 2 rings (SSSR count). The molecule has 6 heteroatoms. The van der Waals surface area contributed by atoms with Crippen LogP contribution in [0.15, 0.2) is 23.7 Å². The molecule has 0 aromatic carbocycles. The normalized spacial score (nSPS) is 11.5. The van der Waals surface area contributed by atoms with E-state index < -0.39 is 0 Å². The van der Waals surface area contributed by atoms with Gasteiger partial charge in [-0.15, -0.1) is 22.7 Å². The van der Waals surface area contributed by atoms with E-state index in [0.29, 0.717) is 18.0 Å². The van der Waals surface area contributed by atoms with Crippen molar-refractivity contribution < 1.29 is 4.79 Å². The number of nitrogens with two attached hydrogens (primary N) is 1. The molecule has 0 saturated carbocycles. The Bertz CT molecular complexity index is 622. The Kier molecular flexibility index (Phi) is 5.30. The van der Waals surface area contributed by atoms with Crippen LogP contribution in [0.25, 0.3) is 0 Å². The minimum absolute atomic E-state index is 0.0702. The van der Waals surface area contributed by atoms with Crippen LogP contribution in [0.5, 0.6) is 0 Å². The number of rotatable bonds is 4. The molecule has 1 amide bonds. The van der Waals surface area contributed by atoms with Crippen LogP contribution in [0.4, 0.5) is 0 Å². The number of hydrogen-bond donors (Lipinski definition) is 2. The van der Waals surface area contributed by atoms with Crippen molar-refractivity contribution in [2.24, 2.45) is 5.73 Å². The molecular formula is C14H15N3OS2. The number of nitrogens with one attached hydrogen (secondary N) is 1. The Morgan fingerprint density at radius 3 is 3.10 bits per heavy atom. The Labute approximate surface area is 126 Å². The zero-order valence-electron chi connectivity index (χ0n) is 11.1. The van der Waals surface area contributed by atoms with Gasteiger partial charge in [0.2, 0.25) is 0 Å². The molecule has 2 heterocycles. The van der Waals surface area contributed by atoms with Crippen molar-refractivity contribution in [3.05, 3.63) is 38.5 Å². The van der Waals surface area contributed by atoms with E-state index in [1.807, 2.05) is 18.4 Å². The van der Waals surface area contributed by atoms with Gasteiger partial charge in [-0.3, -0.25) is 4.79 Å². The highest BCUT2D eigenvalue weighted by Crippen LogP contribution is 2.18. The molecule has 0 saturated heterocycles. The zero-order chi connectivity index (χ0) is 14.4. The fourth-order valence-electron chi connectivity index (χ4n) is 1.56. The SMILES string of the molecule is CC(CNC(=O)c1ccc(C#CCN)s1)c1nccs1. The predicted molar refractivity (Wildman–Crippen MR) is 83.1 cm³/mol. The van der Waals surface area contributed by atoms with Crippen molar-refractivity contribution in [3.63, 3.8) is 0 Å². The molecule has 0 spiro atoms. The lowest BCUT2D eigenvalue weighted by atomic mass is 10.2. The van der Waals surface area contributed by atoms with Crippen molar-refractivity contribution in [1.29, 1.82) is 0 Å². The Morgan fingerprint density at radius 2 is 2.40 bits per heavy atom. The van der Waals surface area contributed by atoms with Crippen molar-refractivity contribution >= 4 is 28.6 Å². The van der Waals surface area contributed by atoms with Gasteiger partial charge in [-0.1, -0.05) is 18.8 Å². The van der Waals surface area contributed by atoms with Gasteiger partial charge in [-0.25, -0.2) is 4.98 Å². The van der Waals surface area contributed by atoms with Gasteiger partial charge in [-0.2, -0.15) is 0 Å². The minimum Gasteiger partial charge on any atom is -0.351 e. The first-order valence-corrected chi connectivity index (χ1v) is 7.86. The van der Waals surface area contributed by atoms with E-state index in [9.17, 15) is 4.79 Å². The predicted octanol–water partition coefficient (Wildman–Crippen LogP) is 2.05. The molecule has 0 radical (unpaired) electrons. The average molecular weight is 305 g/mol. The lowest BCUT2D eigenvalue weighted by molar-refractivity contribution is 0.0955. The number of carbonyl (C=O) groups is 1. The number of nitrogens with zero attached hydrogens (tertiary/aromatic N) is 1. The quantitative estimate of drug-likeness (QED) is 0.850. The Morgan fingerprint density at radius 1 is 1.55 bits per heavy atom. The molecule has 20 heavy (non-hydrogen) atoms. The molecule has 0 aliphatic carbocycles. The fraction of sp³-hybridized carbons (Fsp3) is 0.286. The number of carbonyl (C=O) groups excluding carboxylic acids is 1. The minimum atomic E-state index is -0.0702. The molecule has 104 valence electrons. The van der Waals surface area contributed by atoms with E-state index in [-0.39, 0.29) is 11.8 Å². The highest BCUT2D eigenvalue weighted by atomic mass is 32.1. The van der Waals surface area contributed by atoms with Crippen LogP contribution in [0.3, 0.4) is 0 Å². The van der Waals surface area contributed by atoms with Crippen LogP contribution < -0.4 is 11.1 Å². The van der Waals surface area contributed by atoms with Crippen LogP contribution in [0.1, 0.15) is 32.4 Å². The van der Waals surface area contributed by atoms with Gasteiger partial charge in [0.1, 0.15) is 0 Å². The van der Waals surface area contributed by atoms with Gasteiger partial charge >= 0.3 is 0 Å². The highest BCUT2D eigenvalue weighted by Gasteiger charge is 2.12. The fourth-order valence-corrected chi connectivity index (χ4v) is 3.06. The van der Waals surface area contributed by atoms with E-state index in [2.05, 4.69) is 22.1 Å². The largest absolute Gasteiger partial charge is 0.351 e. The maximum atomic E-state index is 12.0. The third-order valence-corrected chi connectivity index (χ3v) is 4.59. The molecule has 2 aromatic heterocycles. The van der Waals surface area contributed by atoms with Gasteiger partial charge in [0.15, 0.2) is 0 Å². The summed E-state index contributed by atoms with van der Waals surface area (Å²) in [6.45, 7) is 2.95. The topological polar surface area (TPSA) is 68.0 Å². The zero-order valence-corrected chi connectivity index (χ0v) is 12.7. The van der Waals surface area contributed by atoms with Crippen molar-refractivity contribution in [2.75, 3.05) is 13.1 Å². The van der Waals surface area contributed by atoms with Crippen LogP contribution in [0, 0.1) is 11.8 Å². The third kappa shape index (κ3) is 3.90. The summed E-state index contributed by atoms with van der Waals surface area (Å²) in [7, 11) is 0. The second-order valence-electron chi connectivity index (χ2n) is 4.15. The first-order chi connectivity index (χ1) is 9.70. The second kappa shape index (κ2) is 7.20. The molecule has 0 fully saturated rings. The second-order valence-corrected chi connectivity index (χ2v) is 6.16. The van der Waals surface area contributed by atoms with Crippen LogP contribution in [0.2, 0.25) is 0 Å². The Hall–Kier alpha value is -1.68. The summed E-state index contributed by atoms with van der Waals surface area (Å²) in [6, 6.07) is 3.63. The van der Waals surface area contributed by atoms with E-state index in [1.54, 1.807) is 23.6 Å². The summed E-state index contributed by atoms with van der Waals surface area (Å²) in [5.74, 6) is 5.84. The van der Waals surface area contributed by atoms with Gasteiger partial charge in [0.25, 0.3) is 5.91 Å². The number of thiophene rings is 1. The molecule has 0 aliphatic rings. The smallest absolute Gasteiger partial charge is 0.261 e. The maximum Gasteiger partial charge on any atom is 0.261 e. The molecule has 4 nitrogen and oxygen atoms in total. The monoisotopic (exact) mass is 305 g/mol. The standard InChI is InChI=1S/C14H15N3OS2/c1-10(14-16-7-8-19-14)9-17-13(18)12-5-4-11(20-12)3-2-6-15/h4-5,7-8,10H,6,9,15H2,1H3,(H,17,18). The first-order valence-electron chi connectivity index (χ1n) is 6.17. The molecule has 0 bridgehead atoms. The van der Waals surface area contributed by atoms with Crippen molar-refractivity contribution in [3.8, 4) is 11.8 Å². The lowest BCUT2D eigenvalue weighted by Gasteiger charge is -2.08.